The van der Waals surface area contributed by atoms with Crippen molar-refractivity contribution in [3.63, 3.8) is 0 Å². The van der Waals surface area contributed by atoms with Crippen LogP contribution in [0.15, 0.2) is 42.5 Å². The van der Waals surface area contributed by atoms with E-state index in [9.17, 15) is 4.79 Å². The van der Waals surface area contributed by atoms with Gasteiger partial charge in [0.2, 0.25) is 0 Å². The van der Waals surface area contributed by atoms with E-state index in [4.69, 9.17) is 9.47 Å². The molecule has 1 aromatic carbocycles. The van der Waals surface area contributed by atoms with Gasteiger partial charge in [-0.1, -0.05) is 48.9 Å². The average Bonchev–Trinajstić information content (AvgIpc) is 2.54. The van der Waals surface area contributed by atoms with Crippen molar-refractivity contribution >= 4 is 5.97 Å². The zero-order chi connectivity index (χ0) is 16.9. The Morgan fingerprint density at radius 3 is 2.58 bits per heavy atom. The first-order chi connectivity index (χ1) is 11.7. The van der Waals surface area contributed by atoms with Crippen LogP contribution < -0.4 is 0 Å². The third-order valence-corrected chi connectivity index (χ3v) is 5.43. The number of hydrogen-bond donors (Lipinski definition) is 0. The van der Waals surface area contributed by atoms with Crippen molar-refractivity contribution in [3.05, 3.63) is 48.0 Å². The lowest BCUT2D eigenvalue weighted by Gasteiger charge is -2.67. The fourth-order valence-electron chi connectivity index (χ4n) is 4.22. The molecule has 0 atom stereocenters. The SMILES string of the molecule is COC(=O)C12CC(C=CCCCCCOCc3ccccc3)(C1)C2. The number of benzene rings is 1. The van der Waals surface area contributed by atoms with E-state index in [1.54, 1.807) is 0 Å². The zero-order valence-corrected chi connectivity index (χ0v) is 14.6. The van der Waals surface area contributed by atoms with Gasteiger partial charge in [0.15, 0.2) is 0 Å². The lowest BCUT2D eigenvalue weighted by atomic mass is 9.35. The summed E-state index contributed by atoms with van der Waals surface area (Å²) in [4.78, 5) is 11.6. The smallest absolute Gasteiger partial charge is 0.311 e. The van der Waals surface area contributed by atoms with Gasteiger partial charge in [-0.2, -0.15) is 0 Å². The monoisotopic (exact) mass is 328 g/mol. The second kappa shape index (κ2) is 7.52. The number of ether oxygens (including phenoxy) is 2. The van der Waals surface area contributed by atoms with Crippen LogP contribution in [0.2, 0.25) is 0 Å². The van der Waals surface area contributed by atoms with Gasteiger partial charge >= 0.3 is 5.97 Å². The van der Waals surface area contributed by atoms with Crippen molar-refractivity contribution in [2.45, 2.75) is 51.6 Å². The van der Waals surface area contributed by atoms with Gasteiger partial charge in [-0.05, 0) is 49.5 Å². The molecule has 0 radical (unpaired) electrons. The van der Waals surface area contributed by atoms with E-state index in [1.807, 2.05) is 18.2 Å². The average molecular weight is 328 g/mol. The van der Waals surface area contributed by atoms with Crippen molar-refractivity contribution < 1.29 is 14.3 Å². The molecule has 3 aliphatic rings. The minimum absolute atomic E-state index is 0.00622. The van der Waals surface area contributed by atoms with Crippen LogP contribution in [-0.4, -0.2) is 19.7 Å². The maximum absolute atomic E-state index is 11.6. The molecule has 0 N–H and O–H groups in total. The first kappa shape index (κ1) is 17.2. The van der Waals surface area contributed by atoms with Crippen LogP contribution >= 0.6 is 0 Å². The lowest BCUT2D eigenvalue weighted by Crippen LogP contribution is -2.64. The molecule has 0 aliphatic heterocycles. The maximum atomic E-state index is 11.6. The Morgan fingerprint density at radius 2 is 1.88 bits per heavy atom. The predicted molar refractivity (Wildman–Crippen MR) is 94.4 cm³/mol. The standard InChI is InChI=1S/C21H28O3/c1-23-19(22)21-15-20(16-21,17-21)12-8-3-2-4-9-13-24-14-18-10-6-5-7-11-18/h5-8,10-12H,2-4,9,13-17H2,1H3. The molecule has 2 bridgehead atoms. The third-order valence-electron chi connectivity index (χ3n) is 5.43. The molecule has 1 aromatic rings. The molecule has 0 heterocycles. The van der Waals surface area contributed by atoms with Gasteiger partial charge in [0.25, 0.3) is 0 Å². The van der Waals surface area contributed by atoms with Crippen molar-refractivity contribution in [1.29, 1.82) is 0 Å². The van der Waals surface area contributed by atoms with E-state index in [-0.39, 0.29) is 11.4 Å². The van der Waals surface area contributed by atoms with Crippen molar-refractivity contribution in [2.75, 3.05) is 13.7 Å². The number of esters is 1. The number of unbranched alkanes of at least 4 members (excludes halogenated alkanes) is 3. The van der Waals surface area contributed by atoms with Crippen LogP contribution in [0.3, 0.4) is 0 Å². The summed E-state index contributed by atoms with van der Waals surface area (Å²) in [5.74, 6) is -0.00622. The van der Waals surface area contributed by atoms with E-state index < -0.39 is 0 Å². The molecule has 3 nitrogen and oxygen atoms in total. The summed E-state index contributed by atoms with van der Waals surface area (Å²) >= 11 is 0. The van der Waals surface area contributed by atoms with E-state index >= 15 is 0 Å². The molecular weight excluding hydrogens is 300 g/mol. The number of carbonyl (C=O) groups excluding carboxylic acids is 1. The van der Waals surface area contributed by atoms with Crippen LogP contribution in [0.1, 0.15) is 50.5 Å². The summed E-state index contributed by atoms with van der Waals surface area (Å²) in [7, 11) is 1.49. The lowest BCUT2D eigenvalue weighted by molar-refractivity contribution is -0.208. The fourth-order valence-corrected chi connectivity index (χ4v) is 4.22. The molecule has 3 heteroatoms. The van der Waals surface area contributed by atoms with E-state index in [0.29, 0.717) is 12.0 Å². The minimum Gasteiger partial charge on any atom is -0.469 e. The minimum atomic E-state index is -0.116. The second-order valence-corrected chi connectivity index (χ2v) is 7.45. The predicted octanol–water partition coefficient (Wildman–Crippen LogP) is 4.66. The first-order valence-electron chi connectivity index (χ1n) is 9.06. The third kappa shape index (κ3) is 3.72. The van der Waals surface area contributed by atoms with Gasteiger partial charge in [0, 0.05) is 6.61 Å². The van der Waals surface area contributed by atoms with Gasteiger partial charge in [-0.25, -0.2) is 0 Å². The fraction of sp³-hybridized carbons (Fsp3) is 0.571. The summed E-state index contributed by atoms with van der Waals surface area (Å²) in [6, 6.07) is 10.3. The van der Waals surface area contributed by atoms with Gasteiger partial charge in [0.1, 0.15) is 0 Å². The molecule has 0 amide bonds. The molecule has 0 spiro atoms. The van der Waals surface area contributed by atoms with Crippen LogP contribution in [0.5, 0.6) is 0 Å². The normalized spacial score (nSPS) is 27.5. The van der Waals surface area contributed by atoms with Crippen LogP contribution in [0.4, 0.5) is 0 Å². The molecule has 3 saturated carbocycles. The molecule has 3 fully saturated rings. The molecule has 24 heavy (non-hydrogen) atoms. The summed E-state index contributed by atoms with van der Waals surface area (Å²) in [5.41, 5.74) is 1.45. The zero-order valence-electron chi connectivity index (χ0n) is 14.6. The van der Waals surface area contributed by atoms with Crippen molar-refractivity contribution in [2.24, 2.45) is 10.8 Å². The summed E-state index contributed by atoms with van der Waals surface area (Å²) < 4.78 is 10.6. The summed E-state index contributed by atoms with van der Waals surface area (Å²) in [5, 5.41) is 0. The number of carbonyl (C=O) groups is 1. The molecule has 0 saturated heterocycles. The highest BCUT2D eigenvalue weighted by atomic mass is 16.5. The molecular formula is C21H28O3. The van der Waals surface area contributed by atoms with E-state index in [1.165, 1.54) is 25.5 Å². The molecule has 3 aliphatic carbocycles. The van der Waals surface area contributed by atoms with Crippen molar-refractivity contribution in [1.82, 2.24) is 0 Å². The summed E-state index contributed by atoms with van der Waals surface area (Å²) in [6.07, 6.45) is 12.3. The topological polar surface area (TPSA) is 35.5 Å². The number of hydrogen-bond acceptors (Lipinski definition) is 3. The van der Waals surface area contributed by atoms with Crippen molar-refractivity contribution in [3.8, 4) is 0 Å². The Labute approximate surface area is 145 Å². The largest absolute Gasteiger partial charge is 0.469 e. The summed E-state index contributed by atoms with van der Waals surface area (Å²) in [6.45, 7) is 1.55. The highest BCUT2D eigenvalue weighted by Crippen LogP contribution is 2.74. The van der Waals surface area contributed by atoms with Crippen LogP contribution in [0.25, 0.3) is 0 Å². The van der Waals surface area contributed by atoms with Gasteiger partial charge < -0.3 is 9.47 Å². The van der Waals surface area contributed by atoms with Gasteiger partial charge in [0.05, 0.1) is 19.1 Å². The van der Waals surface area contributed by atoms with Crippen LogP contribution in [-0.2, 0) is 20.9 Å². The molecule has 4 rings (SSSR count). The molecule has 0 unspecified atom stereocenters. The van der Waals surface area contributed by atoms with E-state index in [0.717, 1.165) is 38.7 Å². The first-order valence-corrected chi connectivity index (χ1v) is 9.06. The molecule has 0 aromatic heterocycles. The van der Waals surface area contributed by atoms with Crippen LogP contribution in [0, 0.1) is 10.8 Å². The van der Waals surface area contributed by atoms with E-state index in [2.05, 4.69) is 24.3 Å². The van der Waals surface area contributed by atoms with Gasteiger partial charge in [-0.3, -0.25) is 4.79 Å². The van der Waals surface area contributed by atoms with Gasteiger partial charge in [-0.15, -0.1) is 0 Å². The number of methoxy groups -OCH3 is 1. The Morgan fingerprint density at radius 1 is 1.12 bits per heavy atom. The number of allylic oxidation sites excluding steroid dienone is 2. The Bertz CT molecular complexity index is 556. The highest BCUT2D eigenvalue weighted by Gasteiger charge is 2.70. The second-order valence-electron chi connectivity index (χ2n) is 7.45. The molecule has 130 valence electrons. The highest BCUT2D eigenvalue weighted by molar-refractivity contribution is 5.81. The quantitative estimate of drug-likeness (QED) is 0.356. The Kier molecular flexibility index (Phi) is 5.40. The number of rotatable bonds is 10. The maximum Gasteiger partial charge on any atom is 0.311 e. The Balaban J connectivity index is 1.19. The Hall–Kier alpha value is -1.61.